The third-order valence-corrected chi connectivity index (χ3v) is 3.55. The molecule has 0 aliphatic heterocycles. The van der Waals surface area contributed by atoms with E-state index in [0.717, 1.165) is 42.7 Å². The minimum atomic E-state index is -0.121. The molecule has 0 spiro atoms. The molecule has 2 aromatic heterocycles. The number of aryl methyl sites for hydroxylation is 1. The summed E-state index contributed by atoms with van der Waals surface area (Å²) in [6.45, 7) is 1.98. The first-order chi connectivity index (χ1) is 8.72. The van der Waals surface area contributed by atoms with Crippen LogP contribution in [-0.2, 0) is 0 Å². The number of hydrogen-bond donors (Lipinski definition) is 2. The summed E-state index contributed by atoms with van der Waals surface area (Å²) in [6.07, 6.45) is 7.24. The average molecular weight is 246 g/mol. The van der Waals surface area contributed by atoms with Gasteiger partial charge in [-0.15, -0.1) is 0 Å². The van der Waals surface area contributed by atoms with Gasteiger partial charge in [-0.25, -0.2) is 9.50 Å². The maximum absolute atomic E-state index is 9.51. The van der Waals surface area contributed by atoms with Gasteiger partial charge in [0, 0.05) is 18.4 Å². The summed E-state index contributed by atoms with van der Waals surface area (Å²) in [7, 11) is 0. The summed E-state index contributed by atoms with van der Waals surface area (Å²) in [6, 6.07) is 2.44. The molecule has 0 radical (unpaired) electrons. The quantitative estimate of drug-likeness (QED) is 0.847. The molecular formula is C13H18N4O. The van der Waals surface area contributed by atoms with Crippen molar-refractivity contribution in [3.63, 3.8) is 0 Å². The largest absolute Gasteiger partial charge is 0.393 e. The molecule has 2 heterocycles. The van der Waals surface area contributed by atoms with Crippen molar-refractivity contribution in [2.45, 2.75) is 44.8 Å². The molecule has 18 heavy (non-hydrogen) atoms. The van der Waals surface area contributed by atoms with Crippen molar-refractivity contribution in [1.29, 1.82) is 0 Å². The number of fused-ring (bicyclic) bond motifs is 1. The third-order valence-electron chi connectivity index (χ3n) is 3.55. The Hall–Kier alpha value is -1.62. The molecule has 2 aromatic rings. The van der Waals surface area contributed by atoms with Gasteiger partial charge in [-0.1, -0.05) is 0 Å². The summed E-state index contributed by atoms with van der Waals surface area (Å²) in [5.41, 5.74) is 2.01. The highest BCUT2D eigenvalue weighted by atomic mass is 16.3. The molecule has 0 aromatic carbocycles. The Balaban J connectivity index is 1.82. The molecule has 0 atom stereocenters. The summed E-state index contributed by atoms with van der Waals surface area (Å²) in [5, 5.41) is 17.4. The number of nitrogens with zero attached hydrogens (tertiary/aromatic N) is 3. The molecule has 1 saturated carbocycles. The number of nitrogens with one attached hydrogen (secondary N) is 1. The third kappa shape index (κ3) is 2.18. The average Bonchev–Trinajstić information content (AvgIpc) is 2.73. The molecule has 0 amide bonds. The fraction of sp³-hybridized carbons (Fsp3) is 0.538. The predicted octanol–water partition coefficient (Wildman–Crippen LogP) is 1.75. The van der Waals surface area contributed by atoms with E-state index in [9.17, 15) is 5.11 Å². The Morgan fingerprint density at radius 1 is 1.33 bits per heavy atom. The lowest BCUT2D eigenvalue weighted by molar-refractivity contribution is 0.126. The number of anilines is 1. The minimum absolute atomic E-state index is 0.121. The van der Waals surface area contributed by atoms with E-state index in [4.69, 9.17) is 0 Å². The van der Waals surface area contributed by atoms with Gasteiger partial charge in [-0.3, -0.25) is 0 Å². The van der Waals surface area contributed by atoms with Gasteiger partial charge in [0.15, 0.2) is 5.82 Å². The topological polar surface area (TPSA) is 62.5 Å². The molecular weight excluding hydrogens is 228 g/mol. The summed E-state index contributed by atoms with van der Waals surface area (Å²) >= 11 is 0. The molecule has 1 aliphatic rings. The second-order valence-corrected chi connectivity index (χ2v) is 5.04. The van der Waals surface area contributed by atoms with E-state index < -0.39 is 0 Å². The fourth-order valence-corrected chi connectivity index (χ4v) is 2.57. The normalized spacial score (nSPS) is 24.3. The highest BCUT2D eigenvalue weighted by Gasteiger charge is 2.20. The number of aliphatic hydroxyl groups excluding tert-OH is 1. The predicted molar refractivity (Wildman–Crippen MR) is 69.6 cm³/mol. The van der Waals surface area contributed by atoms with Crippen molar-refractivity contribution >= 4 is 11.3 Å². The van der Waals surface area contributed by atoms with Gasteiger partial charge in [0.25, 0.3) is 0 Å². The van der Waals surface area contributed by atoms with Gasteiger partial charge in [0.2, 0.25) is 0 Å². The Morgan fingerprint density at radius 3 is 2.89 bits per heavy atom. The van der Waals surface area contributed by atoms with Gasteiger partial charge in [-0.2, -0.15) is 5.10 Å². The van der Waals surface area contributed by atoms with Gasteiger partial charge in [-0.05, 0) is 38.7 Å². The molecule has 5 nitrogen and oxygen atoms in total. The van der Waals surface area contributed by atoms with Gasteiger partial charge in [0.05, 0.1) is 11.8 Å². The number of aliphatic hydroxyl groups is 1. The summed E-state index contributed by atoms with van der Waals surface area (Å²) in [4.78, 5) is 4.40. The van der Waals surface area contributed by atoms with Crippen LogP contribution in [0.15, 0.2) is 18.5 Å². The monoisotopic (exact) mass is 246 g/mol. The van der Waals surface area contributed by atoms with E-state index in [1.54, 1.807) is 6.20 Å². The highest BCUT2D eigenvalue weighted by Crippen LogP contribution is 2.23. The molecule has 2 N–H and O–H groups in total. The highest BCUT2D eigenvalue weighted by molar-refractivity contribution is 5.67. The van der Waals surface area contributed by atoms with Crippen LogP contribution in [0.3, 0.4) is 0 Å². The van der Waals surface area contributed by atoms with E-state index in [2.05, 4.69) is 15.4 Å². The Kier molecular flexibility index (Phi) is 2.91. The summed E-state index contributed by atoms with van der Waals surface area (Å²) in [5.74, 6) is 0.888. The van der Waals surface area contributed by atoms with E-state index in [1.807, 2.05) is 23.7 Å². The molecule has 5 heteroatoms. The summed E-state index contributed by atoms with van der Waals surface area (Å²) < 4.78 is 1.85. The zero-order valence-corrected chi connectivity index (χ0v) is 10.5. The SMILES string of the molecule is Cc1cc2c(NC3CCC(O)CC3)nccn2n1. The maximum atomic E-state index is 9.51. The van der Waals surface area contributed by atoms with E-state index in [0.29, 0.717) is 6.04 Å². The second kappa shape index (κ2) is 4.57. The van der Waals surface area contributed by atoms with Crippen molar-refractivity contribution in [2.75, 3.05) is 5.32 Å². The van der Waals surface area contributed by atoms with E-state index in [-0.39, 0.29) is 6.10 Å². The first-order valence-corrected chi connectivity index (χ1v) is 6.48. The van der Waals surface area contributed by atoms with Crippen LogP contribution in [0.4, 0.5) is 5.82 Å². The first-order valence-electron chi connectivity index (χ1n) is 6.48. The van der Waals surface area contributed by atoms with Crippen molar-refractivity contribution in [2.24, 2.45) is 0 Å². The Morgan fingerprint density at radius 2 is 2.11 bits per heavy atom. The number of rotatable bonds is 2. The van der Waals surface area contributed by atoms with E-state index in [1.165, 1.54) is 0 Å². The second-order valence-electron chi connectivity index (χ2n) is 5.04. The maximum Gasteiger partial charge on any atom is 0.152 e. The van der Waals surface area contributed by atoms with Crippen molar-refractivity contribution in [1.82, 2.24) is 14.6 Å². The van der Waals surface area contributed by atoms with Gasteiger partial charge in [0.1, 0.15) is 5.52 Å². The zero-order chi connectivity index (χ0) is 12.5. The van der Waals surface area contributed by atoms with E-state index >= 15 is 0 Å². The van der Waals surface area contributed by atoms with Crippen molar-refractivity contribution in [3.8, 4) is 0 Å². The van der Waals surface area contributed by atoms with Gasteiger partial charge >= 0.3 is 0 Å². The minimum Gasteiger partial charge on any atom is -0.393 e. The smallest absolute Gasteiger partial charge is 0.152 e. The van der Waals surface area contributed by atoms with Gasteiger partial charge < -0.3 is 10.4 Å². The fourth-order valence-electron chi connectivity index (χ4n) is 2.57. The van der Waals surface area contributed by atoms with Crippen LogP contribution in [0.25, 0.3) is 5.52 Å². The number of hydrogen-bond acceptors (Lipinski definition) is 4. The lowest BCUT2D eigenvalue weighted by Gasteiger charge is -2.26. The number of aromatic nitrogens is 3. The molecule has 0 saturated heterocycles. The molecule has 1 aliphatic carbocycles. The van der Waals surface area contributed by atoms with Crippen molar-refractivity contribution < 1.29 is 5.11 Å². The Labute approximate surface area is 106 Å². The Bertz CT molecular complexity index is 543. The molecule has 0 bridgehead atoms. The lowest BCUT2D eigenvalue weighted by atomic mass is 9.93. The first kappa shape index (κ1) is 11.5. The molecule has 0 unspecified atom stereocenters. The van der Waals surface area contributed by atoms with Crippen molar-refractivity contribution in [3.05, 3.63) is 24.2 Å². The standard InChI is InChI=1S/C13H18N4O/c1-9-8-12-13(14-6-7-17(12)16-9)15-10-2-4-11(18)5-3-10/h6-8,10-11,18H,2-5H2,1H3,(H,14,15). The van der Waals surface area contributed by atoms with Crippen LogP contribution < -0.4 is 5.32 Å². The van der Waals surface area contributed by atoms with Crippen LogP contribution in [0, 0.1) is 6.92 Å². The van der Waals surface area contributed by atoms with Crippen LogP contribution >= 0.6 is 0 Å². The lowest BCUT2D eigenvalue weighted by Crippen LogP contribution is -2.28. The molecule has 3 rings (SSSR count). The van der Waals surface area contributed by atoms with Crippen LogP contribution in [0.1, 0.15) is 31.4 Å². The van der Waals surface area contributed by atoms with Crippen LogP contribution in [0.2, 0.25) is 0 Å². The molecule has 1 fully saturated rings. The van der Waals surface area contributed by atoms with Crippen LogP contribution in [0.5, 0.6) is 0 Å². The zero-order valence-electron chi connectivity index (χ0n) is 10.5. The van der Waals surface area contributed by atoms with Crippen LogP contribution in [-0.4, -0.2) is 31.9 Å². The molecule has 96 valence electrons.